The van der Waals surface area contributed by atoms with Crippen molar-refractivity contribution in [2.45, 2.75) is 32.9 Å². The summed E-state index contributed by atoms with van der Waals surface area (Å²) in [4.78, 5) is 28.3. The molecule has 0 radical (unpaired) electrons. The molecule has 0 fully saturated rings. The van der Waals surface area contributed by atoms with Crippen molar-refractivity contribution in [3.05, 3.63) is 46.6 Å². The number of para-hydroxylation sites is 1. The van der Waals surface area contributed by atoms with Gasteiger partial charge in [-0.3, -0.25) is 14.7 Å². The maximum atomic E-state index is 12.8. The molecule has 1 atom stereocenters. The molecule has 4 N–H and O–H groups in total. The first-order chi connectivity index (χ1) is 13.4. The van der Waals surface area contributed by atoms with E-state index in [0.29, 0.717) is 17.0 Å². The van der Waals surface area contributed by atoms with E-state index < -0.39 is 6.04 Å². The second-order valence-corrected chi connectivity index (χ2v) is 7.39. The molecule has 3 rings (SSSR count). The predicted molar refractivity (Wildman–Crippen MR) is 109 cm³/mol. The Hall–Kier alpha value is -2.94. The number of fused-ring (bicyclic) bond motifs is 1. The Morgan fingerprint density at radius 1 is 1.25 bits per heavy atom. The highest BCUT2D eigenvalue weighted by molar-refractivity contribution is 7.71. The summed E-state index contributed by atoms with van der Waals surface area (Å²) in [5.74, 6) is -0.0454. The number of benzene rings is 1. The lowest BCUT2D eigenvalue weighted by molar-refractivity contribution is -0.130. The molecule has 28 heavy (non-hydrogen) atoms. The van der Waals surface area contributed by atoms with Crippen LogP contribution < -0.4 is 10.6 Å². The van der Waals surface area contributed by atoms with Gasteiger partial charge in [-0.05, 0) is 23.8 Å². The molecule has 0 spiro atoms. The van der Waals surface area contributed by atoms with Crippen molar-refractivity contribution in [1.29, 1.82) is 0 Å². The van der Waals surface area contributed by atoms with Gasteiger partial charge in [0.15, 0.2) is 10.6 Å². The van der Waals surface area contributed by atoms with E-state index in [-0.39, 0.29) is 24.3 Å². The third kappa shape index (κ3) is 4.30. The molecule has 0 saturated carbocycles. The van der Waals surface area contributed by atoms with Crippen LogP contribution in [0.1, 0.15) is 25.2 Å². The number of hydrogen-bond donors (Lipinski definition) is 4. The molecule has 8 nitrogen and oxygen atoms in total. The van der Waals surface area contributed by atoms with Crippen molar-refractivity contribution in [2.24, 2.45) is 13.0 Å². The fourth-order valence-electron chi connectivity index (χ4n) is 2.90. The van der Waals surface area contributed by atoms with Gasteiger partial charge in [-0.2, -0.15) is 5.10 Å². The van der Waals surface area contributed by atoms with Crippen molar-refractivity contribution in [2.75, 3.05) is 0 Å². The Balaban J connectivity index is 1.77. The summed E-state index contributed by atoms with van der Waals surface area (Å²) in [6, 6.07) is 7.18. The van der Waals surface area contributed by atoms with E-state index in [1.807, 2.05) is 30.5 Å². The van der Waals surface area contributed by atoms with Crippen LogP contribution >= 0.6 is 12.2 Å². The fourth-order valence-corrected chi connectivity index (χ4v) is 3.05. The Morgan fingerprint density at radius 2 is 2.00 bits per heavy atom. The minimum absolute atomic E-state index is 0.168. The zero-order valence-corrected chi connectivity index (χ0v) is 16.9. The number of aromatic amines is 2. The smallest absolute Gasteiger partial charge is 0.243 e. The van der Waals surface area contributed by atoms with Crippen LogP contribution in [0.2, 0.25) is 0 Å². The lowest BCUT2D eigenvalue weighted by atomic mass is 10.0. The second-order valence-electron chi connectivity index (χ2n) is 7.00. The number of nitrogens with one attached hydrogen (secondary N) is 4. The zero-order chi connectivity index (χ0) is 20.3. The molecule has 2 amide bonds. The number of H-pyrrole nitrogens is 2. The van der Waals surface area contributed by atoms with E-state index >= 15 is 0 Å². The highest BCUT2D eigenvalue weighted by Gasteiger charge is 2.24. The van der Waals surface area contributed by atoms with Gasteiger partial charge in [0.1, 0.15) is 6.04 Å². The first-order valence-corrected chi connectivity index (χ1v) is 9.51. The maximum Gasteiger partial charge on any atom is 0.243 e. The lowest BCUT2D eigenvalue weighted by Gasteiger charge is -2.19. The molecule has 148 valence electrons. The number of rotatable bonds is 7. The van der Waals surface area contributed by atoms with E-state index in [9.17, 15) is 9.59 Å². The number of amides is 2. The molecule has 0 saturated heterocycles. The van der Waals surface area contributed by atoms with Gasteiger partial charge in [0.2, 0.25) is 11.8 Å². The topological polar surface area (TPSA) is 108 Å². The number of aromatic nitrogens is 4. The van der Waals surface area contributed by atoms with Crippen LogP contribution in [0, 0.1) is 10.7 Å². The average molecular weight is 401 g/mol. The lowest BCUT2D eigenvalue weighted by Crippen LogP contribution is -2.49. The predicted octanol–water partition coefficient (Wildman–Crippen LogP) is 1.96. The van der Waals surface area contributed by atoms with Gasteiger partial charge in [0.25, 0.3) is 0 Å². The molecule has 2 heterocycles. The van der Waals surface area contributed by atoms with Crippen molar-refractivity contribution in [3.8, 4) is 0 Å². The Labute approximate surface area is 167 Å². The monoisotopic (exact) mass is 400 g/mol. The van der Waals surface area contributed by atoms with Gasteiger partial charge in [0, 0.05) is 36.5 Å². The van der Waals surface area contributed by atoms with Crippen LogP contribution in [0.15, 0.2) is 30.5 Å². The Kier molecular flexibility index (Phi) is 5.93. The third-order valence-corrected chi connectivity index (χ3v) is 5.01. The van der Waals surface area contributed by atoms with E-state index in [1.54, 1.807) is 25.5 Å². The summed E-state index contributed by atoms with van der Waals surface area (Å²) >= 11 is 5.08. The van der Waals surface area contributed by atoms with Crippen molar-refractivity contribution in [1.82, 2.24) is 30.4 Å². The largest absolute Gasteiger partial charge is 0.361 e. The van der Waals surface area contributed by atoms with E-state index in [4.69, 9.17) is 12.2 Å². The molecule has 0 aliphatic carbocycles. The average Bonchev–Trinajstić information content (AvgIpc) is 3.23. The molecule has 0 bridgehead atoms. The third-order valence-electron chi connectivity index (χ3n) is 4.65. The highest BCUT2D eigenvalue weighted by atomic mass is 32.1. The summed E-state index contributed by atoms with van der Waals surface area (Å²) in [5.41, 5.74) is 1.96. The van der Waals surface area contributed by atoms with Gasteiger partial charge in [-0.15, -0.1) is 0 Å². The van der Waals surface area contributed by atoms with Gasteiger partial charge >= 0.3 is 0 Å². The molecular formula is C19H24N6O2S. The van der Waals surface area contributed by atoms with E-state index in [0.717, 1.165) is 16.5 Å². The Bertz CT molecular complexity index is 1050. The highest BCUT2D eigenvalue weighted by Crippen LogP contribution is 2.19. The molecule has 1 unspecified atom stereocenters. The van der Waals surface area contributed by atoms with Gasteiger partial charge in [-0.25, -0.2) is 0 Å². The first-order valence-electron chi connectivity index (χ1n) is 9.10. The quantitative estimate of drug-likeness (QED) is 0.455. The Morgan fingerprint density at radius 3 is 2.68 bits per heavy atom. The standard InChI is InChI=1S/C19H24N6O2S/c1-11(2)17(26)22-15(8-12-9-20-14-7-5-4-6-13(12)14)18(27)21-10-16-23-24-19(28)25(16)3/h4-7,9,11,15,20H,8,10H2,1-3H3,(H,21,27)(H,22,26)(H,24,28). The van der Waals surface area contributed by atoms with Crippen molar-refractivity contribution >= 4 is 34.9 Å². The molecule has 0 aliphatic heterocycles. The van der Waals surface area contributed by atoms with E-state index in [1.165, 1.54) is 0 Å². The number of nitrogens with zero attached hydrogens (tertiary/aromatic N) is 2. The van der Waals surface area contributed by atoms with Crippen LogP contribution in [0.5, 0.6) is 0 Å². The summed E-state index contributed by atoms with van der Waals surface area (Å²) in [5, 5.41) is 13.5. The van der Waals surface area contributed by atoms with Crippen LogP contribution in [-0.2, 0) is 29.6 Å². The maximum absolute atomic E-state index is 12.8. The van der Waals surface area contributed by atoms with Gasteiger partial charge < -0.3 is 20.2 Å². The summed E-state index contributed by atoms with van der Waals surface area (Å²) < 4.78 is 2.17. The molecule has 3 aromatic rings. The molecule has 1 aromatic carbocycles. The van der Waals surface area contributed by atoms with Crippen LogP contribution in [-0.4, -0.2) is 37.6 Å². The normalized spacial score (nSPS) is 12.3. The van der Waals surface area contributed by atoms with Crippen LogP contribution in [0.4, 0.5) is 0 Å². The molecular weight excluding hydrogens is 376 g/mol. The minimum Gasteiger partial charge on any atom is -0.361 e. The second kappa shape index (κ2) is 8.39. The molecule has 9 heteroatoms. The summed E-state index contributed by atoms with van der Waals surface area (Å²) in [7, 11) is 1.78. The van der Waals surface area contributed by atoms with Crippen LogP contribution in [0.3, 0.4) is 0 Å². The number of carbonyl (C=O) groups is 2. The first kappa shape index (κ1) is 19.8. The number of hydrogen-bond acceptors (Lipinski definition) is 4. The van der Waals surface area contributed by atoms with E-state index in [2.05, 4.69) is 25.8 Å². The molecule has 2 aromatic heterocycles. The van der Waals surface area contributed by atoms with Gasteiger partial charge in [-0.1, -0.05) is 32.0 Å². The zero-order valence-electron chi connectivity index (χ0n) is 16.1. The van der Waals surface area contributed by atoms with Crippen molar-refractivity contribution < 1.29 is 9.59 Å². The minimum atomic E-state index is -0.693. The van der Waals surface area contributed by atoms with Crippen molar-refractivity contribution in [3.63, 3.8) is 0 Å². The summed E-state index contributed by atoms with van der Waals surface area (Å²) in [6.45, 7) is 3.81. The SMILES string of the molecule is CC(C)C(=O)NC(Cc1c[nH]c2ccccc12)C(=O)NCc1n[nH]c(=S)n1C. The molecule has 0 aliphatic rings. The fraction of sp³-hybridized carbons (Fsp3) is 0.368. The summed E-state index contributed by atoms with van der Waals surface area (Å²) in [6.07, 6.45) is 2.26. The van der Waals surface area contributed by atoms with Crippen LogP contribution in [0.25, 0.3) is 10.9 Å². The van der Waals surface area contributed by atoms with Gasteiger partial charge in [0.05, 0.1) is 6.54 Å². The number of carbonyl (C=O) groups excluding carboxylic acids is 2.